The minimum Gasteiger partial charge on any atom is -0.311 e. The van der Waals surface area contributed by atoms with Crippen molar-refractivity contribution in [2.75, 3.05) is 13.1 Å². The minimum absolute atomic E-state index is 0.270. The molecule has 120 valence electrons. The van der Waals surface area contributed by atoms with E-state index >= 15 is 0 Å². The maximum absolute atomic E-state index is 4.63. The summed E-state index contributed by atoms with van der Waals surface area (Å²) in [5.74, 6) is 0. The van der Waals surface area contributed by atoms with Crippen LogP contribution in [0, 0.1) is 5.41 Å². The molecule has 0 spiro atoms. The molecule has 5 heteroatoms. The maximum atomic E-state index is 4.63. The van der Waals surface area contributed by atoms with Crippen LogP contribution in [-0.4, -0.2) is 39.9 Å². The smallest absolute Gasteiger partial charge is 0.0767 e. The highest BCUT2D eigenvalue weighted by molar-refractivity contribution is 9.10. The molecule has 0 saturated carbocycles. The standard InChI is InChI=1S/C16H29BrN4/c1-7-12-15(17)13(20(6)19-12)10-21-9-11(2)18-8-14(21)16(3,4)5/h11,14,18H,7-10H2,1-6H3. The summed E-state index contributed by atoms with van der Waals surface area (Å²) in [7, 11) is 2.05. The van der Waals surface area contributed by atoms with Gasteiger partial charge < -0.3 is 5.32 Å². The molecule has 1 saturated heterocycles. The second-order valence-electron chi connectivity index (χ2n) is 7.31. The Balaban J connectivity index is 2.24. The summed E-state index contributed by atoms with van der Waals surface area (Å²) in [5, 5.41) is 8.25. The van der Waals surface area contributed by atoms with Crippen LogP contribution in [0.1, 0.15) is 46.0 Å². The minimum atomic E-state index is 0.270. The van der Waals surface area contributed by atoms with Crippen LogP contribution >= 0.6 is 15.9 Å². The van der Waals surface area contributed by atoms with Crippen LogP contribution in [0.4, 0.5) is 0 Å². The zero-order valence-electron chi connectivity index (χ0n) is 14.2. The van der Waals surface area contributed by atoms with Crippen molar-refractivity contribution in [3.05, 3.63) is 15.9 Å². The van der Waals surface area contributed by atoms with Gasteiger partial charge in [0.15, 0.2) is 0 Å². The normalized spacial score (nSPS) is 24.5. The van der Waals surface area contributed by atoms with Crippen molar-refractivity contribution in [3.8, 4) is 0 Å². The molecule has 4 nitrogen and oxygen atoms in total. The highest BCUT2D eigenvalue weighted by atomic mass is 79.9. The monoisotopic (exact) mass is 356 g/mol. The Hall–Kier alpha value is -0.390. The van der Waals surface area contributed by atoms with Crippen molar-refractivity contribution in [3.63, 3.8) is 0 Å². The van der Waals surface area contributed by atoms with E-state index in [0.717, 1.165) is 31.7 Å². The Kier molecular flexibility index (Phi) is 5.16. The van der Waals surface area contributed by atoms with Gasteiger partial charge in [0.25, 0.3) is 0 Å². The first-order valence-electron chi connectivity index (χ1n) is 7.91. The summed E-state index contributed by atoms with van der Waals surface area (Å²) in [6, 6.07) is 1.09. The number of halogens is 1. The molecule has 2 unspecified atom stereocenters. The second kappa shape index (κ2) is 6.39. The molecule has 2 heterocycles. The van der Waals surface area contributed by atoms with Crippen molar-refractivity contribution in [2.45, 2.75) is 59.7 Å². The second-order valence-corrected chi connectivity index (χ2v) is 8.10. The Morgan fingerprint density at radius 1 is 1.38 bits per heavy atom. The van der Waals surface area contributed by atoms with Crippen LogP contribution in [0.15, 0.2) is 4.47 Å². The molecule has 0 radical (unpaired) electrons. The van der Waals surface area contributed by atoms with Crippen molar-refractivity contribution in [1.29, 1.82) is 0 Å². The molecule has 0 amide bonds. The van der Waals surface area contributed by atoms with Crippen molar-refractivity contribution >= 4 is 15.9 Å². The molecule has 2 rings (SSSR count). The summed E-state index contributed by atoms with van der Waals surface area (Å²) in [5.41, 5.74) is 2.71. The molecular weight excluding hydrogens is 328 g/mol. The number of nitrogens with zero attached hydrogens (tertiary/aromatic N) is 3. The predicted octanol–water partition coefficient (Wildman–Crippen LogP) is 2.95. The lowest BCUT2D eigenvalue weighted by atomic mass is 9.84. The van der Waals surface area contributed by atoms with E-state index in [9.17, 15) is 0 Å². The van der Waals surface area contributed by atoms with Crippen LogP contribution < -0.4 is 5.32 Å². The Morgan fingerprint density at radius 2 is 2.05 bits per heavy atom. The molecule has 1 aliphatic rings. The summed E-state index contributed by atoms with van der Waals surface area (Å²) in [4.78, 5) is 2.61. The zero-order valence-corrected chi connectivity index (χ0v) is 15.8. The highest BCUT2D eigenvalue weighted by Crippen LogP contribution is 2.30. The molecule has 0 bridgehead atoms. The average Bonchev–Trinajstić information content (AvgIpc) is 2.65. The van der Waals surface area contributed by atoms with Gasteiger partial charge in [-0.15, -0.1) is 0 Å². The molecule has 1 fully saturated rings. The van der Waals surface area contributed by atoms with Gasteiger partial charge in [-0.25, -0.2) is 0 Å². The van der Waals surface area contributed by atoms with E-state index in [1.807, 2.05) is 4.68 Å². The molecule has 1 aliphatic heterocycles. The van der Waals surface area contributed by atoms with E-state index in [-0.39, 0.29) is 5.41 Å². The van der Waals surface area contributed by atoms with Crippen molar-refractivity contribution < 1.29 is 0 Å². The fraction of sp³-hybridized carbons (Fsp3) is 0.812. The lowest BCUT2D eigenvalue weighted by Gasteiger charge is -2.45. The van der Waals surface area contributed by atoms with E-state index in [2.05, 4.69) is 72.9 Å². The van der Waals surface area contributed by atoms with E-state index in [1.165, 1.54) is 10.2 Å². The fourth-order valence-corrected chi connectivity index (χ4v) is 3.94. The van der Waals surface area contributed by atoms with Crippen molar-refractivity contribution in [2.24, 2.45) is 12.5 Å². The van der Waals surface area contributed by atoms with Gasteiger partial charge in [0.2, 0.25) is 0 Å². The quantitative estimate of drug-likeness (QED) is 0.903. The van der Waals surface area contributed by atoms with Gasteiger partial charge in [0.1, 0.15) is 0 Å². The third-order valence-corrected chi connectivity index (χ3v) is 5.38. The fourth-order valence-electron chi connectivity index (χ4n) is 3.20. The predicted molar refractivity (Wildman–Crippen MR) is 91.4 cm³/mol. The molecular formula is C16H29BrN4. The van der Waals surface area contributed by atoms with Crippen molar-refractivity contribution in [1.82, 2.24) is 20.0 Å². The van der Waals surface area contributed by atoms with E-state index in [0.29, 0.717) is 12.1 Å². The number of aryl methyl sites for hydroxylation is 2. The third-order valence-electron chi connectivity index (χ3n) is 4.46. The number of rotatable bonds is 3. The highest BCUT2D eigenvalue weighted by Gasteiger charge is 2.35. The molecule has 0 aliphatic carbocycles. The van der Waals surface area contributed by atoms with Gasteiger partial charge in [-0.1, -0.05) is 27.7 Å². The lowest BCUT2D eigenvalue weighted by Crippen LogP contribution is -2.59. The lowest BCUT2D eigenvalue weighted by molar-refractivity contribution is 0.0505. The Bertz CT molecular complexity index is 489. The first-order valence-corrected chi connectivity index (χ1v) is 8.71. The first-order chi connectivity index (χ1) is 9.74. The molecule has 1 N–H and O–H groups in total. The zero-order chi connectivity index (χ0) is 15.8. The van der Waals surface area contributed by atoms with E-state index in [4.69, 9.17) is 0 Å². The summed E-state index contributed by atoms with van der Waals surface area (Å²) < 4.78 is 3.22. The largest absolute Gasteiger partial charge is 0.311 e. The van der Waals surface area contributed by atoms with Crippen LogP contribution in [0.3, 0.4) is 0 Å². The summed E-state index contributed by atoms with van der Waals surface area (Å²) in [6.07, 6.45) is 0.967. The van der Waals surface area contributed by atoms with E-state index in [1.54, 1.807) is 0 Å². The molecule has 21 heavy (non-hydrogen) atoms. The average molecular weight is 357 g/mol. The topological polar surface area (TPSA) is 33.1 Å². The summed E-state index contributed by atoms with van der Waals surface area (Å²) >= 11 is 3.75. The SMILES string of the molecule is CCc1nn(C)c(CN2CC(C)NCC2C(C)(C)C)c1Br. The number of hydrogen-bond donors (Lipinski definition) is 1. The third kappa shape index (κ3) is 3.69. The van der Waals surface area contributed by atoms with Gasteiger partial charge in [-0.3, -0.25) is 9.58 Å². The van der Waals surface area contributed by atoms with Gasteiger partial charge in [0, 0.05) is 38.8 Å². The van der Waals surface area contributed by atoms with Gasteiger partial charge in [-0.05, 0) is 34.7 Å². The maximum Gasteiger partial charge on any atom is 0.0767 e. The number of piperazine rings is 1. The van der Waals surface area contributed by atoms with Gasteiger partial charge >= 0.3 is 0 Å². The molecule has 0 aromatic carbocycles. The number of nitrogens with one attached hydrogen (secondary N) is 1. The molecule has 1 aromatic rings. The van der Waals surface area contributed by atoms with E-state index < -0.39 is 0 Å². The van der Waals surface area contributed by atoms with Crippen LogP contribution in [0.2, 0.25) is 0 Å². The molecule has 1 aromatic heterocycles. The van der Waals surface area contributed by atoms with Crippen LogP contribution in [0.25, 0.3) is 0 Å². The Morgan fingerprint density at radius 3 is 2.57 bits per heavy atom. The van der Waals surface area contributed by atoms with Crippen LogP contribution in [-0.2, 0) is 20.0 Å². The number of hydrogen-bond acceptors (Lipinski definition) is 3. The Labute approximate surface area is 137 Å². The van der Waals surface area contributed by atoms with Crippen LogP contribution in [0.5, 0.6) is 0 Å². The van der Waals surface area contributed by atoms with Gasteiger partial charge in [0.05, 0.1) is 15.9 Å². The first kappa shape index (κ1) is 17.0. The van der Waals surface area contributed by atoms with Gasteiger partial charge in [-0.2, -0.15) is 5.10 Å². The number of aromatic nitrogens is 2. The summed E-state index contributed by atoms with van der Waals surface area (Å²) in [6.45, 7) is 14.5. The molecule has 2 atom stereocenters.